The van der Waals surface area contributed by atoms with Crippen LogP contribution < -0.4 is 0 Å². The lowest BCUT2D eigenvalue weighted by Crippen LogP contribution is -2.45. The highest BCUT2D eigenvalue weighted by molar-refractivity contribution is 9.10. The third-order valence-electron chi connectivity index (χ3n) is 3.05. The minimum absolute atomic E-state index is 0.274. The Labute approximate surface area is 114 Å². The third kappa shape index (κ3) is 2.33. The zero-order valence-corrected chi connectivity index (χ0v) is 11.9. The van der Waals surface area contributed by atoms with Gasteiger partial charge >= 0.3 is 0 Å². The van der Waals surface area contributed by atoms with Gasteiger partial charge in [0.1, 0.15) is 0 Å². The van der Waals surface area contributed by atoms with Gasteiger partial charge in [0.25, 0.3) is 5.91 Å². The summed E-state index contributed by atoms with van der Waals surface area (Å²) in [6.07, 6.45) is 0.863. The monoisotopic (exact) mass is 310 g/mol. The molecule has 4 nitrogen and oxygen atoms in total. The molecule has 2 rings (SSSR count). The van der Waals surface area contributed by atoms with E-state index in [1.807, 2.05) is 13.8 Å². The molecule has 0 saturated carbocycles. The average molecular weight is 311 g/mol. The van der Waals surface area contributed by atoms with Gasteiger partial charge in [-0.1, -0.05) is 22.9 Å². The molecule has 0 fully saturated rings. The van der Waals surface area contributed by atoms with Crippen LogP contribution in [0.5, 0.6) is 0 Å². The minimum Gasteiger partial charge on any atom is -0.369 e. The van der Waals surface area contributed by atoms with Gasteiger partial charge in [-0.25, -0.2) is 0 Å². The molecule has 1 heterocycles. The first-order valence-corrected chi connectivity index (χ1v) is 6.62. The van der Waals surface area contributed by atoms with Crippen molar-refractivity contribution in [2.75, 3.05) is 0 Å². The maximum Gasteiger partial charge on any atom is 0.276 e. The first kappa shape index (κ1) is 13.2. The summed E-state index contributed by atoms with van der Waals surface area (Å²) in [5, 5.41) is 15.7. The predicted molar refractivity (Wildman–Crippen MR) is 73.3 cm³/mol. The van der Waals surface area contributed by atoms with Crippen molar-refractivity contribution in [3.05, 3.63) is 34.3 Å². The highest BCUT2D eigenvalue weighted by atomic mass is 79.9. The molecule has 0 spiro atoms. The summed E-state index contributed by atoms with van der Waals surface area (Å²) in [6, 6.07) is 7.02. The van der Waals surface area contributed by atoms with E-state index >= 15 is 0 Å². The van der Waals surface area contributed by atoms with Crippen LogP contribution in [0.3, 0.4) is 0 Å². The number of amides is 1. The number of halogens is 1. The van der Waals surface area contributed by atoms with E-state index in [4.69, 9.17) is 0 Å². The van der Waals surface area contributed by atoms with Gasteiger partial charge in [-0.3, -0.25) is 4.79 Å². The second-order valence-corrected chi connectivity index (χ2v) is 5.39. The van der Waals surface area contributed by atoms with E-state index in [9.17, 15) is 9.90 Å². The van der Waals surface area contributed by atoms with Crippen molar-refractivity contribution in [3.8, 4) is 0 Å². The predicted octanol–water partition coefficient (Wildman–Crippen LogP) is 2.77. The van der Waals surface area contributed by atoms with E-state index in [1.165, 1.54) is 5.01 Å². The van der Waals surface area contributed by atoms with Crippen LogP contribution >= 0.6 is 15.9 Å². The average Bonchev–Trinajstić information content (AvgIpc) is 2.65. The molecule has 1 atom stereocenters. The molecule has 0 saturated heterocycles. The van der Waals surface area contributed by atoms with Crippen molar-refractivity contribution < 1.29 is 9.90 Å². The zero-order valence-electron chi connectivity index (χ0n) is 10.4. The summed E-state index contributed by atoms with van der Waals surface area (Å²) in [6.45, 7) is 3.66. The largest absolute Gasteiger partial charge is 0.369 e. The van der Waals surface area contributed by atoms with Gasteiger partial charge in [0.15, 0.2) is 5.72 Å². The van der Waals surface area contributed by atoms with Crippen LogP contribution in [-0.4, -0.2) is 27.5 Å². The summed E-state index contributed by atoms with van der Waals surface area (Å²) in [7, 11) is 0. The van der Waals surface area contributed by atoms with Crippen LogP contribution in [0, 0.1) is 0 Å². The molecular weight excluding hydrogens is 296 g/mol. The second kappa shape index (κ2) is 4.82. The van der Waals surface area contributed by atoms with Gasteiger partial charge in [-0.15, -0.1) is 0 Å². The summed E-state index contributed by atoms with van der Waals surface area (Å²) in [4.78, 5) is 12.3. The van der Waals surface area contributed by atoms with Gasteiger partial charge in [-0.05, 0) is 37.6 Å². The highest BCUT2D eigenvalue weighted by Crippen LogP contribution is 2.29. The van der Waals surface area contributed by atoms with Gasteiger partial charge in [-0.2, -0.15) is 10.1 Å². The minimum atomic E-state index is -1.19. The Kier molecular flexibility index (Phi) is 3.54. The van der Waals surface area contributed by atoms with E-state index < -0.39 is 5.72 Å². The van der Waals surface area contributed by atoms with Crippen molar-refractivity contribution >= 4 is 27.5 Å². The van der Waals surface area contributed by atoms with Gasteiger partial charge in [0.05, 0.1) is 0 Å². The number of benzene rings is 1. The number of hydrazone groups is 1. The van der Waals surface area contributed by atoms with E-state index in [0.29, 0.717) is 18.4 Å². The quantitative estimate of drug-likeness (QED) is 0.913. The number of hydrogen-bond acceptors (Lipinski definition) is 3. The molecule has 0 unspecified atom stereocenters. The normalized spacial score (nSPS) is 23.1. The lowest BCUT2D eigenvalue weighted by atomic mass is 10.0. The molecular formula is C13H15BrN2O2. The molecule has 0 aliphatic carbocycles. The SMILES string of the molecule is CC[C@@]1(O)CC(C)=NN1C(=O)c1ccc(Br)cc1. The fourth-order valence-electron chi connectivity index (χ4n) is 2.01. The molecule has 18 heavy (non-hydrogen) atoms. The van der Waals surface area contributed by atoms with E-state index in [-0.39, 0.29) is 5.91 Å². The molecule has 1 aliphatic heterocycles. The number of aliphatic hydroxyl groups is 1. The molecule has 0 bridgehead atoms. The second-order valence-electron chi connectivity index (χ2n) is 4.47. The highest BCUT2D eigenvalue weighted by Gasteiger charge is 2.41. The lowest BCUT2D eigenvalue weighted by molar-refractivity contribution is -0.0727. The standard InChI is InChI=1S/C13H15BrN2O2/c1-3-13(18)8-9(2)15-16(13)12(17)10-4-6-11(14)7-5-10/h4-7,18H,3,8H2,1-2H3/t13-/m1/s1. The maximum atomic E-state index is 12.3. The molecule has 1 amide bonds. The van der Waals surface area contributed by atoms with E-state index in [2.05, 4.69) is 21.0 Å². The summed E-state index contributed by atoms with van der Waals surface area (Å²) in [5.74, 6) is -0.274. The van der Waals surface area contributed by atoms with E-state index in [1.54, 1.807) is 24.3 Å². The Morgan fingerprint density at radius 3 is 2.67 bits per heavy atom. The van der Waals surface area contributed by atoms with Crippen LogP contribution in [0.2, 0.25) is 0 Å². The number of rotatable bonds is 2. The van der Waals surface area contributed by atoms with Crippen LogP contribution in [0.25, 0.3) is 0 Å². The van der Waals surface area contributed by atoms with Crippen molar-refractivity contribution in [2.45, 2.75) is 32.4 Å². The third-order valence-corrected chi connectivity index (χ3v) is 3.58. The maximum absolute atomic E-state index is 12.3. The number of carbonyl (C=O) groups is 1. The van der Waals surface area contributed by atoms with Crippen molar-refractivity contribution in [1.82, 2.24) is 5.01 Å². The molecule has 0 radical (unpaired) electrons. The number of nitrogens with zero attached hydrogens (tertiary/aromatic N) is 2. The molecule has 96 valence electrons. The van der Waals surface area contributed by atoms with Crippen LogP contribution in [0.4, 0.5) is 0 Å². The topological polar surface area (TPSA) is 52.9 Å². The first-order chi connectivity index (χ1) is 8.46. The van der Waals surface area contributed by atoms with Crippen LogP contribution in [-0.2, 0) is 0 Å². The van der Waals surface area contributed by atoms with Gasteiger partial charge in [0.2, 0.25) is 0 Å². The van der Waals surface area contributed by atoms with Crippen LogP contribution in [0.1, 0.15) is 37.0 Å². The van der Waals surface area contributed by atoms with Crippen molar-refractivity contribution in [2.24, 2.45) is 5.10 Å². The lowest BCUT2D eigenvalue weighted by Gasteiger charge is -2.29. The smallest absolute Gasteiger partial charge is 0.276 e. The molecule has 0 aromatic heterocycles. The van der Waals surface area contributed by atoms with Crippen LogP contribution in [0.15, 0.2) is 33.8 Å². The fourth-order valence-corrected chi connectivity index (χ4v) is 2.27. The van der Waals surface area contributed by atoms with Crippen molar-refractivity contribution in [1.29, 1.82) is 0 Å². The Morgan fingerprint density at radius 2 is 2.11 bits per heavy atom. The summed E-state index contributed by atoms with van der Waals surface area (Å²) >= 11 is 3.32. The Balaban J connectivity index is 2.30. The molecule has 5 heteroatoms. The van der Waals surface area contributed by atoms with E-state index in [0.717, 1.165) is 10.2 Å². The first-order valence-electron chi connectivity index (χ1n) is 5.83. The molecule has 1 N–H and O–H groups in total. The fraction of sp³-hybridized carbons (Fsp3) is 0.385. The summed E-state index contributed by atoms with van der Waals surface area (Å²) < 4.78 is 0.908. The number of hydrogen-bond donors (Lipinski definition) is 1. The Morgan fingerprint density at radius 1 is 1.50 bits per heavy atom. The van der Waals surface area contributed by atoms with Gasteiger partial charge < -0.3 is 5.11 Å². The zero-order chi connectivity index (χ0) is 13.3. The Bertz CT molecular complexity index is 498. The van der Waals surface area contributed by atoms with Crippen molar-refractivity contribution in [3.63, 3.8) is 0 Å². The number of carbonyl (C=O) groups excluding carboxylic acids is 1. The van der Waals surface area contributed by atoms with Gasteiger partial charge in [0, 0.05) is 22.2 Å². The molecule has 1 aromatic carbocycles. The Hall–Kier alpha value is -1.20. The summed E-state index contributed by atoms with van der Waals surface area (Å²) in [5.41, 5.74) is 0.0992. The molecule has 1 aliphatic rings. The molecule has 1 aromatic rings.